The SMILES string of the molecule is CCSc1ccnc(C(N)=O)c1. The van der Waals surface area contributed by atoms with E-state index in [9.17, 15) is 4.79 Å². The Morgan fingerprint density at radius 1 is 1.75 bits per heavy atom. The van der Waals surface area contributed by atoms with Gasteiger partial charge in [0.05, 0.1) is 0 Å². The lowest BCUT2D eigenvalue weighted by atomic mass is 10.3. The number of thioether (sulfide) groups is 1. The molecule has 1 amide bonds. The van der Waals surface area contributed by atoms with Gasteiger partial charge in [-0.1, -0.05) is 6.92 Å². The third kappa shape index (κ3) is 2.23. The van der Waals surface area contributed by atoms with Crippen molar-refractivity contribution in [2.75, 3.05) is 5.75 Å². The molecule has 0 unspecified atom stereocenters. The molecular weight excluding hydrogens is 172 g/mol. The van der Waals surface area contributed by atoms with Crippen molar-refractivity contribution in [2.24, 2.45) is 5.73 Å². The number of hydrogen-bond acceptors (Lipinski definition) is 3. The molecule has 0 spiro atoms. The summed E-state index contributed by atoms with van der Waals surface area (Å²) in [6.07, 6.45) is 1.60. The average Bonchev–Trinajstić information content (AvgIpc) is 2.05. The monoisotopic (exact) mass is 182 g/mol. The van der Waals surface area contributed by atoms with Crippen LogP contribution in [-0.4, -0.2) is 16.6 Å². The van der Waals surface area contributed by atoms with Crippen LogP contribution in [0.25, 0.3) is 0 Å². The fourth-order valence-electron chi connectivity index (χ4n) is 0.802. The van der Waals surface area contributed by atoms with E-state index in [-0.39, 0.29) is 0 Å². The summed E-state index contributed by atoms with van der Waals surface area (Å²) < 4.78 is 0. The number of hydrogen-bond donors (Lipinski definition) is 1. The second kappa shape index (κ2) is 4.11. The summed E-state index contributed by atoms with van der Waals surface area (Å²) in [7, 11) is 0. The summed E-state index contributed by atoms with van der Waals surface area (Å²) in [4.78, 5) is 15.6. The first-order chi connectivity index (χ1) is 5.74. The van der Waals surface area contributed by atoms with E-state index >= 15 is 0 Å². The standard InChI is InChI=1S/C8H10N2OS/c1-2-12-6-3-4-10-7(5-6)8(9)11/h3-5H,2H2,1H3,(H2,9,11). The Morgan fingerprint density at radius 2 is 2.50 bits per heavy atom. The number of carbonyl (C=O) groups is 1. The zero-order valence-corrected chi connectivity index (χ0v) is 7.60. The van der Waals surface area contributed by atoms with E-state index in [0.29, 0.717) is 5.69 Å². The van der Waals surface area contributed by atoms with Crippen LogP contribution in [0.5, 0.6) is 0 Å². The molecule has 64 valence electrons. The van der Waals surface area contributed by atoms with Gasteiger partial charge in [0.15, 0.2) is 0 Å². The van der Waals surface area contributed by atoms with Crippen molar-refractivity contribution < 1.29 is 4.79 Å². The number of primary amides is 1. The summed E-state index contributed by atoms with van der Waals surface area (Å²) in [5.41, 5.74) is 5.40. The van der Waals surface area contributed by atoms with E-state index < -0.39 is 5.91 Å². The van der Waals surface area contributed by atoms with Gasteiger partial charge >= 0.3 is 0 Å². The molecule has 2 N–H and O–H groups in total. The Kier molecular flexibility index (Phi) is 3.10. The normalized spacial score (nSPS) is 9.75. The lowest BCUT2D eigenvalue weighted by molar-refractivity contribution is 0.0995. The number of pyridine rings is 1. The van der Waals surface area contributed by atoms with Gasteiger partial charge in [0.1, 0.15) is 5.69 Å². The number of aromatic nitrogens is 1. The first-order valence-corrected chi connectivity index (χ1v) is 4.61. The highest BCUT2D eigenvalue weighted by Crippen LogP contribution is 2.16. The van der Waals surface area contributed by atoms with Crippen LogP contribution in [0.4, 0.5) is 0 Å². The highest BCUT2D eigenvalue weighted by molar-refractivity contribution is 7.99. The van der Waals surface area contributed by atoms with Gasteiger partial charge in [0.2, 0.25) is 0 Å². The van der Waals surface area contributed by atoms with Crippen LogP contribution >= 0.6 is 11.8 Å². The fraction of sp³-hybridized carbons (Fsp3) is 0.250. The second-order valence-corrected chi connectivity index (χ2v) is 3.51. The number of carbonyl (C=O) groups excluding carboxylic acids is 1. The second-order valence-electron chi connectivity index (χ2n) is 2.17. The number of nitrogens with two attached hydrogens (primary N) is 1. The Morgan fingerprint density at radius 3 is 3.08 bits per heavy atom. The van der Waals surface area contributed by atoms with E-state index in [1.165, 1.54) is 0 Å². The molecule has 0 bridgehead atoms. The molecule has 1 heterocycles. The molecule has 4 heteroatoms. The van der Waals surface area contributed by atoms with Crippen molar-refractivity contribution >= 4 is 17.7 Å². The maximum atomic E-state index is 10.7. The van der Waals surface area contributed by atoms with E-state index in [2.05, 4.69) is 11.9 Å². The maximum absolute atomic E-state index is 10.7. The number of nitrogens with zero attached hydrogens (tertiary/aromatic N) is 1. The maximum Gasteiger partial charge on any atom is 0.267 e. The zero-order chi connectivity index (χ0) is 8.97. The molecule has 0 aliphatic rings. The van der Waals surface area contributed by atoms with Gasteiger partial charge in [-0.2, -0.15) is 0 Å². The van der Waals surface area contributed by atoms with Crippen molar-refractivity contribution in [1.82, 2.24) is 4.98 Å². The first-order valence-electron chi connectivity index (χ1n) is 3.62. The van der Waals surface area contributed by atoms with Crippen molar-refractivity contribution in [1.29, 1.82) is 0 Å². The van der Waals surface area contributed by atoms with Crippen molar-refractivity contribution in [2.45, 2.75) is 11.8 Å². The van der Waals surface area contributed by atoms with Gasteiger partial charge in [0.25, 0.3) is 5.91 Å². The Balaban J connectivity index is 2.88. The van der Waals surface area contributed by atoms with Gasteiger partial charge in [-0.05, 0) is 17.9 Å². The van der Waals surface area contributed by atoms with Gasteiger partial charge in [-0.25, -0.2) is 0 Å². The first kappa shape index (κ1) is 9.06. The molecule has 1 rings (SSSR count). The molecule has 1 aromatic heterocycles. The predicted molar refractivity (Wildman–Crippen MR) is 49.2 cm³/mol. The van der Waals surface area contributed by atoms with E-state index in [0.717, 1.165) is 10.6 Å². The minimum atomic E-state index is -0.478. The summed E-state index contributed by atoms with van der Waals surface area (Å²) in [5.74, 6) is 0.496. The molecule has 0 radical (unpaired) electrons. The van der Waals surface area contributed by atoms with Crippen LogP contribution in [-0.2, 0) is 0 Å². The molecule has 1 aromatic rings. The average molecular weight is 182 g/mol. The van der Waals surface area contributed by atoms with Crippen molar-refractivity contribution in [3.05, 3.63) is 24.0 Å². The third-order valence-corrected chi connectivity index (χ3v) is 2.17. The molecule has 0 fully saturated rings. The molecule has 0 aliphatic carbocycles. The topological polar surface area (TPSA) is 56.0 Å². The van der Waals surface area contributed by atoms with Crippen molar-refractivity contribution in [3.8, 4) is 0 Å². The van der Waals surface area contributed by atoms with Crippen LogP contribution in [0.3, 0.4) is 0 Å². The summed E-state index contributed by atoms with van der Waals surface area (Å²) in [6.45, 7) is 2.05. The number of rotatable bonds is 3. The summed E-state index contributed by atoms with van der Waals surface area (Å²) in [6, 6.07) is 3.57. The zero-order valence-electron chi connectivity index (χ0n) is 6.78. The van der Waals surface area contributed by atoms with E-state index in [1.54, 1.807) is 24.0 Å². The highest BCUT2D eigenvalue weighted by atomic mass is 32.2. The Hall–Kier alpha value is -1.03. The van der Waals surface area contributed by atoms with Crippen LogP contribution in [0, 0.1) is 0 Å². The summed E-state index contributed by atoms with van der Waals surface area (Å²) >= 11 is 1.66. The molecule has 12 heavy (non-hydrogen) atoms. The van der Waals surface area contributed by atoms with Gasteiger partial charge in [-0.3, -0.25) is 9.78 Å². The predicted octanol–water partition coefficient (Wildman–Crippen LogP) is 1.29. The van der Waals surface area contributed by atoms with E-state index in [1.807, 2.05) is 6.07 Å². The molecule has 0 saturated heterocycles. The van der Waals surface area contributed by atoms with Gasteiger partial charge in [-0.15, -0.1) is 11.8 Å². The minimum Gasteiger partial charge on any atom is -0.364 e. The Labute approximate surface area is 75.4 Å². The molecule has 0 aliphatic heterocycles. The van der Waals surface area contributed by atoms with Crippen LogP contribution < -0.4 is 5.73 Å². The Bertz CT molecular complexity index is 288. The van der Waals surface area contributed by atoms with Gasteiger partial charge in [0, 0.05) is 11.1 Å². The molecule has 0 aromatic carbocycles. The summed E-state index contributed by atoms with van der Waals surface area (Å²) in [5, 5.41) is 0. The van der Waals surface area contributed by atoms with Crippen LogP contribution in [0.2, 0.25) is 0 Å². The fourth-order valence-corrected chi connectivity index (χ4v) is 1.49. The van der Waals surface area contributed by atoms with E-state index in [4.69, 9.17) is 5.73 Å². The molecular formula is C8H10N2OS. The van der Waals surface area contributed by atoms with Crippen LogP contribution in [0.1, 0.15) is 17.4 Å². The molecule has 0 saturated carbocycles. The molecule has 0 atom stereocenters. The quantitative estimate of drug-likeness (QED) is 0.717. The lowest BCUT2D eigenvalue weighted by Gasteiger charge is -1.98. The van der Waals surface area contributed by atoms with Crippen LogP contribution in [0.15, 0.2) is 23.2 Å². The van der Waals surface area contributed by atoms with Crippen molar-refractivity contribution in [3.63, 3.8) is 0 Å². The minimum absolute atomic E-state index is 0.327. The lowest BCUT2D eigenvalue weighted by Crippen LogP contribution is -2.12. The largest absolute Gasteiger partial charge is 0.364 e. The molecule has 3 nitrogen and oxygen atoms in total. The highest BCUT2D eigenvalue weighted by Gasteiger charge is 2.01. The third-order valence-electron chi connectivity index (χ3n) is 1.29. The van der Waals surface area contributed by atoms with Gasteiger partial charge < -0.3 is 5.73 Å². The smallest absolute Gasteiger partial charge is 0.267 e. The number of amides is 1.